The van der Waals surface area contributed by atoms with Crippen LogP contribution >= 0.6 is 11.3 Å². The predicted octanol–water partition coefficient (Wildman–Crippen LogP) is 0.887. The third-order valence-corrected chi connectivity index (χ3v) is 6.03. The number of carboxylic acid groups (broad SMARTS) is 1. The summed E-state index contributed by atoms with van der Waals surface area (Å²) in [6, 6.07) is 7.44. The van der Waals surface area contributed by atoms with E-state index in [4.69, 9.17) is 25.5 Å². The number of esters is 1. The summed E-state index contributed by atoms with van der Waals surface area (Å²) in [6.07, 6.45) is 0.162. The van der Waals surface area contributed by atoms with Crippen LogP contribution < -0.4 is 15.8 Å². The van der Waals surface area contributed by atoms with Crippen molar-refractivity contribution in [2.75, 3.05) is 5.75 Å². The third-order valence-electron chi connectivity index (χ3n) is 4.19. The van der Waals surface area contributed by atoms with Crippen LogP contribution in [0.3, 0.4) is 0 Å². The number of benzene rings is 1. The Morgan fingerprint density at radius 2 is 1.81 bits per heavy atom. The van der Waals surface area contributed by atoms with E-state index in [-0.39, 0.29) is 22.9 Å². The molecule has 0 saturated heterocycles. The molecular formula is C19H21N3O8S2. The summed E-state index contributed by atoms with van der Waals surface area (Å²) >= 11 is 1.09. The van der Waals surface area contributed by atoms with Gasteiger partial charge in [-0.2, -0.15) is 8.42 Å². The Morgan fingerprint density at radius 3 is 2.34 bits per heavy atom. The standard InChI is InChI=1S/C19H21N3O8S2/c1-10(17(23)22-14(18(24)25)9-32(27,28)29)8-13-6-7-15(31-13)19(26)30-12-4-2-11(3-5-12)16(20)21/h2-7,10,14H,8-9H2,1H3,(H3,20,21)(H,22,23)(H,24,25)(H,27,28,29). The van der Waals surface area contributed by atoms with Gasteiger partial charge < -0.3 is 20.9 Å². The van der Waals surface area contributed by atoms with Crippen molar-refractivity contribution in [2.24, 2.45) is 11.7 Å². The lowest BCUT2D eigenvalue weighted by Crippen LogP contribution is -2.47. The summed E-state index contributed by atoms with van der Waals surface area (Å²) < 4.78 is 35.9. The van der Waals surface area contributed by atoms with E-state index >= 15 is 0 Å². The minimum atomic E-state index is -4.60. The Hall–Kier alpha value is -3.29. The van der Waals surface area contributed by atoms with Gasteiger partial charge in [0, 0.05) is 16.4 Å². The summed E-state index contributed by atoms with van der Waals surface area (Å²) in [6.45, 7) is 1.51. The number of nitrogen functional groups attached to an aromatic ring is 1. The maximum Gasteiger partial charge on any atom is 0.353 e. The fraction of sp³-hybridized carbons (Fsp3) is 0.263. The zero-order valence-corrected chi connectivity index (χ0v) is 18.4. The van der Waals surface area contributed by atoms with Crippen molar-refractivity contribution < 1.29 is 37.2 Å². The summed E-state index contributed by atoms with van der Waals surface area (Å²) in [5.74, 6) is -4.67. The molecule has 2 aromatic rings. The first-order valence-corrected chi connectivity index (χ1v) is 11.5. The van der Waals surface area contributed by atoms with Gasteiger partial charge in [0.05, 0.1) is 0 Å². The molecule has 1 aromatic carbocycles. The highest BCUT2D eigenvalue weighted by molar-refractivity contribution is 7.85. The van der Waals surface area contributed by atoms with Crippen LogP contribution in [0.4, 0.5) is 0 Å². The molecule has 0 aliphatic rings. The van der Waals surface area contributed by atoms with Gasteiger partial charge in [0.25, 0.3) is 10.1 Å². The van der Waals surface area contributed by atoms with E-state index in [1.54, 1.807) is 6.07 Å². The highest BCUT2D eigenvalue weighted by atomic mass is 32.2. The van der Waals surface area contributed by atoms with Gasteiger partial charge in [-0.15, -0.1) is 11.3 Å². The van der Waals surface area contributed by atoms with Crippen molar-refractivity contribution in [3.8, 4) is 5.75 Å². The number of nitrogens with two attached hydrogens (primary N) is 1. The number of rotatable bonds is 10. The molecule has 0 fully saturated rings. The van der Waals surface area contributed by atoms with E-state index < -0.39 is 45.7 Å². The Kier molecular flexibility index (Phi) is 8.08. The first kappa shape index (κ1) is 25.0. The Bertz CT molecular complexity index is 1130. The molecule has 1 heterocycles. The van der Waals surface area contributed by atoms with Gasteiger partial charge in [-0.05, 0) is 42.8 Å². The molecule has 0 bridgehead atoms. The van der Waals surface area contributed by atoms with Crippen LogP contribution in [0.1, 0.15) is 27.0 Å². The topological polar surface area (TPSA) is 197 Å². The van der Waals surface area contributed by atoms with Gasteiger partial charge in [-0.3, -0.25) is 14.8 Å². The van der Waals surface area contributed by atoms with E-state index in [2.05, 4.69) is 5.32 Å². The van der Waals surface area contributed by atoms with Crippen LogP contribution in [0.5, 0.6) is 5.75 Å². The number of carbonyl (C=O) groups is 3. The Morgan fingerprint density at radius 1 is 1.19 bits per heavy atom. The minimum Gasteiger partial charge on any atom is -0.480 e. The van der Waals surface area contributed by atoms with E-state index in [0.29, 0.717) is 10.4 Å². The zero-order chi connectivity index (χ0) is 24.1. The van der Waals surface area contributed by atoms with Gasteiger partial charge >= 0.3 is 11.9 Å². The largest absolute Gasteiger partial charge is 0.480 e. The number of carboxylic acids is 1. The number of hydrogen-bond donors (Lipinski definition) is 5. The summed E-state index contributed by atoms with van der Waals surface area (Å²) in [7, 11) is -4.60. The minimum absolute atomic E-state index is 0.114. The maximum absolute atomic E-state index is 12.3. The van der Waals surface area contributed by atoms with Crippen molar-refractivity contribution in [3.05, 3.63) is 51.7 Å². The number of amides is 1. The molecule has 1 amide bonds. The zero-order valence-electron chi connectivity index (χ0n) is 16.8. The molecule has 0 aliphatic heterocycles. The highest BCUT2D eigenvalue weighted by Crippen LogP contribution is 2.22. The van der Waals surface area contributed by atoms with E-state index in [0.717, 1.165) is 11.3 Å². The van der Waals surface area contributed by atoms with Crippen LogP contribution in [0.25, 0.3) is 0 Å². The van der Waals surface area contributed by atoms with E-state index in [1.807, 2.05) is 0 Å². The number of thiophene rings is 1. The van der Waals surface area contributed by atoms with Crippen molar-refractivity contribution in [3.63, 3.8) is 0 Å². The maximum atomic E-state index is 12.3. The second kappa shape index (κ2) is 10.3. The van der Waals surface area contributed by atoms with E-state index in [1.165, 1.54) is 37.3 Å². The van der Waals surface area contributed by atoms with Crippen molar-refractivity contribution in [2.45, 2.75) is 19.4 Å². The first-order chi connectivity index (χ1) is 14.9. The lowest BCUT2D eigenvalue weighted by Gasteiger charge is -2.16. The molecule has 0 aliphatic carbocycles. The summed E-state index contributed by atoms with van der Waals surface area (Å²) in [5.41, 5.74) is 5.85. The second-order valence-electron chi connectivity index (χ2n) is 6.85. The normalized spacial score (nSPS) is 13.1. The molecule has 1 aromatic heterocycles. The highest BCUT2D eigenvalue weighted by Gasteiger charge is 2.27. The Labute approximate surface area is 187 Å². The molecule has 0 spiro atoms. The quantitative estimate of drug-likeness (QED) is 0.107. The lowest BCUT2D eigenvalue weighted by atomic mass is 10.1. The number of amidine groups is 1. The summed E-state index contributed by atoms with van der Waals surface area (Å²) in [5, 5.41) is 18.5. The van der Waals surface area contributed by atoms with Crippen molar-refractivity contribution in [1.29, 1.82) is 5.41 Å². The van der Waals surface area contributed by atoms with Crippen LogP contribution in [-0.2, 0) is 26.1 Å². The molecule has 32 heavy (non-hydrogen) atoms. The Balaban J connectivity index is 1.97. The second-order valence-corrected chi connectivity index (χ2v) is 9.51. The smallest absolute Gasteiger partial charge is 0.353 e. The average molecular weight is 484 g/mol. The third kappa shape index (κ3) is 7.44. The fourth-order valence-electron chi connectivity index (χ4n) is 2.55. The number of nitrogens with one attached hydrogen (secondary N) is 2. The average Bonchev–Trinajstić information content (AvgIpc) is 3.15. The lowest BCUT2D eigenvalue weighted by molar-refractivity contribution is -0.141. The predicted molar refractivity (Wildman–Crippen MR) is 116 cm³/mol. The van der Waals surface area contributed by atoms with Gasteiger partial charge in [0.15, 0.2) is 0 Å². The molecular weight excluding hydrogens is 462 g/mol. The van der Waals surface area contributed by atoms with Gasteiger partial charge in [0.1, 0.15) is 28.3 Å². The van der Waals surface area contributed by atoms with Crippen LogP contribution in [0.15, 0.2) is 36.4 Å². The van der Waals surface area contributed by atoms with Gasteiger partial charge in [-0.1, -0.05) is 6.92 Å². The molecule has 13 heteroatoms. The molecule has 6 N–H and O–H groups in total. The van der Waals surface area contributed by atoms with Gasteiger partial charge in [0.2, 0.25) is 5.91 Å². The number of aliphatic carboxylic acids is 1. The summed E-state index contributed by atoms with van der Waals surface area (Å²) in [4.78, 5) is 36.6. The number of ether oxygens (including phenoxy) is 1. The molecule has 0 radical (unpaired) electrons. The van der Waals surface area contributed by atoms with Crippen molar-refractivity contribution >= 4 is 45.1 Å². The van der Waals surface area contributed by atoms with Crippen LogP contribution in [0.2, 0.25) is 0 Å². The monoisotopic (exact) mass is 483 g/mol. The SMILES string of the molecule is CC(Cc1ccc(C(=O)Oc2ccc(C(=N)N)cc2)s1)C(=O)NC(CS(=O)(=O)O)C(=O)O. The molecule has 172 valence electrons. The number of hydrogen-bond acceptors (Lipinski definition) is 8. The molecule has 2 atom stereocenters. The fourth-order valence-corrected chi connectivity index (χ4v) is 4.21. The van der Waals surface area contributed by atoms with Crippen LogP contribution in [0, 0.1) is 11.3 Å². The van der Waals surface area contributed by atoms with Crippen LogP contribution in [-0.4, -0.2) is 53.6 Å². The molecule has 11 nitrogen and oxygen atoms in total. The van der Waals surface area contributed by atoms with E-state index in [9.17, 15) is 22.8 Å². The molecule has 0 saturated carbocycles. The van der Waals surface area contributed by atoms with Gasteiger partial charge in [-0.25, -0.2) is 9.59 Å². The van der Waals surface area contributed by atoms with Crippen molar-refractivity contribution in [1.82, 2.24) is 5.32 Å². The number of carbonyl (C=O) groups excluding carboxylic acids is 2. The molecule has 2 unspecified atom stereocenters. The first-order valence-electron chi connectivity index (χ1n) is 9.09. The molecule has 2 rings (SSSR count).